The van der Waals surface area contributed by atoms with Gasteiger partial charge in [0, 0.05) is 6.54 Å². The third-order valence-corrected chi connectivity index (χ3v) is 2.15. The molecule has 0 aromatic rings. The van der Waals surface area contributed by atoms with Crippen LogP contribution in [0.5, 0.6) is 0 Å². The van der Waals surface area contributed by atoms with E-state index >= 15 is 0 Å². The van der Waals surface area contributed by atoms with E-state index in [-0.39, 0.29) is 5.91 Å². The molecule has 0 unspecified atom stereocenters. The summed E-state index contributed by atoms with van der Waals surface area (Å²) in [5, 5.41) is 11.7. The minimum atomic E-state index is -0.804. The van der Waals surface area contributed by atoms with Crippen LogP contribution in [0.2, 0.25) is 0 Å². The number of carbonyl (C=O) groups excluding carboxylic acids is 1. The molecule has 2 atom stereocenters. The van der Waals surface area contributed by atoms with Gasteiger partial charge in [0.1, 0.15) is 6.04 Å². The lowest BCUT2D eigenvalue weighted by atomic mass is 10.1. The molecule has 0 aliphatic rings. The Morgan fingerprint density at radius 2 is 2.07 bits per heavy atom. The van der Waals surface area contributed by atoms with Crippen molar-refractivity contribution in [1.29, 1.82) is 0 Å². The van der Waals surface area contributed by atoms with E-state index < -0.39 is 12.1 Å². The highest BCUT2D eigenvalue weighted by molar-refractivity contribution is 5.81. The van der Waals surface area contributed by atoms with Crippen LogP contribution >= 0.6 is 0 Å². The number of aliphatic hydroxyl groups is 1. The Kier molecular flexibility index (Phi) is 7.42. The zero-order valence-electron chi connectivity index (χ0n) is 9.12. The van der Waals surface area contributed by atoms with Crippen molar-refractivity contribution in [3.8, 4) is 0 Å². The molecule has 0 saturated heterocycles. The van der Waals surface area contributed by atoms with Crippen molar-refractivity contribution in [2.24, 2.45) is 5.73 Å². The summed E-state index contributed by atoms with van der Waals surface area (Å²) < 4.78 is 0. The molecule has 4 heteroatoms. The summed E-state index contributed by atoms with van der Waals surface area (Å²) in [4.78, 5) is 11.2. The lowest BCUT2D eigenvalue weighted by Crippen LogP contribution is -2.47. The second-order valence-corrected chi connectivity index (χ2v) is 3.62. The first-order valence-electron chi connectivity index (χ1n) is 5.31. The summed E-state index contributed by atoms with van der Waals surface area (Å²) in [6.45, 7) is 4.31. The van der Waals surface area contributed by atoms with Crippen LogP contribution in [0.25, 0.3) is 0 Å². The van der Waals surface area contributed by atoms with Gasteiger partial charge in [-0.25, -0.2) is 0 Å². The molecule has 0 bridgehead atoms. The number of amides is 1. The summed E-state index contributed by atoms with van der Waals surface area (Å²) in [5.74, 6) is -0.267. The first kappa shape index (κ1) is 13.4. The summed E-state index contributed by atoms with van der Waals surface area (Å²) in [5.41, 5.74) is 5.44. The van der Waals surface area contributed by atoms with E-state index in [1.807, 2.05) is 0 Å². The number of unbranched alkanes of at least 4 members (excludes halogenated alkanes) is 3. The molecule has 4 N–H and O–H groups in total. The highest BCUT2D eigenvalue weighted by Crippen LogP contribution is 1.97. The molecule has 0 radical (unpaired) electrons. The molecule has 0 aliphatic carbocycles. The van der Waals surface area contributed by atoms with Gasteiger partial charge in [-0.05, 0) is 13.3 Å². The van der Waals surface area contributed by atoms with E-state index in [2.05, 4.69) is 12.2 Å². The number of hydrogen-bond acceptors (Lipinski definition) is 3. The zero-order valence-corrected chi connectivity index (χ0v) is 9.12. The molecule has 14 heavy (non-hydrogen) atoms. The first-order valence-corrected chi connectivity index (χ1v) is 5.31. The SMILES string of the molecule is CCCCCCNC(=O)[C@@H](N)[C@@H](C)O. The van der Waals surface area contributed by atoms with Crippen molar-refractivity contribution in [2.45, 2.75) is 51.7 Å². The lowest BCUT2D eigenvalue weighted by Gasteiger charge is -2.14. The van der Waals surface area contributed by atoms with E-state index in [0.29, 0.717) is 6.54 Å². The molecule has 0 spiro atoms. The molecule has 0 rings (SSSR count). The predicted octanol–water partition coefficient (Wildman–Crippen LogP) is 0.391. The molecule has 1 amide bonds. The van der Waals surface area contributed by atoms with Crippen molar-refractivity contribution in [3.63, 3.8) is 0 Å². The summed E-state index contributed by atoms with van der Waals surface area (Å²) in [6.07, 6.45) is 3.69. The molecule has 0 aliphatic heterocycles. The van der Waals surface area contributed by atoms with Crippen LogP contribution in [0.15, 0.2) is 0 Å². The maximum atomic E-state index is 11.2. The second-order valence-electron chi connectivity index (χ2n) is 3.62. The summed E-state index contributed by atoms with van der Waals surface area (Å²) in [6, 6.07) is -0.804. The van der Waals surface area contributed by atoms with Gasteiger partial charge in [0.2, 0.25) is 5.91 Å². The lowest BCUT2D eigenvalue weighted by molar-refractivity contribution is -0.124. The molecular weight excluding hydrogens is 180 g/mol. The van der Waals surface area contributed by atoms with E-state index in [1.54, 1.807) is 0 Å². The van der Waals surface area contributed by atoms with E-state index in [1.165, 1.54) is 19.8 Å². The van der Waals surface area contributed by atoms with Crippen molar-refractivity contribution < 1.29 is 9.90 Å². The fraction of sp³-hybridized carbons (Fsp3) is 0.900. The Labute approximate surface area is 85.9 Å². The molecule has 0 fully saturated rings. The second kappa shape index (κ2) is 7.76. The van der Waals surface area contributed by atoms with Crippen LogP contribution in [-0.4, -0.2) is 29.7 Å². The van der Waals surface area contributed by atoms with Crippen LogP contribution in [0.1, 0.15) is 39.5 Å². The number of aliphatic hydroxyl groups excluding tert-OH is 1. The highest BCUT2D eigenvalue weighted by atomic mass is 16.3. The van der Waals surface area contributed by atoms with Crippen LogP contribution in [0, 0.1) is 0 Å². The monoisotopic (exact) mass is 202 g/mol. The summed E-state index contributed by atoms with van der Waals surface area (Å²) in [7, 11) is 0. The minimum absolute atomic E-state index is 0.267. The molecule has 0 aromatic heterocycles. The Morgan fingerprint density at radius 3 is 2.57 bits per heavy atom. The van der Waals surface area contributed by atoms with Crippen LogP contribution in [-0.2, 0) is 4.79 Å². The van der Waals surface area contributed by atoms with Gasteiger partial charge in [-0.3, -0.25) is 4.79 Å². The Morgan fingerprint density at radius 1 is 1.43 bits per heavy atom. The van der Waals surface area contributed by atoms with Crippen molar-refractivity contribution in [2.75, 3.05) is 6.54 Å². The van der Waals surface area contributed by atoms with Gasteiger partial charge in [-0.1, -0.05) is 26.2 Å². The Balaban J connectivity index is 3.44. The average molecular weight is 202 g/mol. The maximum Gasteiger partial charge on any atom is 0.239 e. The van der Waals surface area contributed by atoms with Crippen molar-refractivity contribution in [1.82, 2.24) is 5.32 Å². The number of nitrogens with one attached hydrogen (secondary N) is 1. The van der Waals surface area contributed by atoms with Gasteiger partial charge in [0.25, 0.3) is 0 Å². The fourth-order valence-electron chi connectivity index (χ4n) is 1.10. The van der Waals surface area contributed by atoms with Gasteiger partial charge in [0.05, 0.1) is 6.10 Å². The third kappa shape index (κ3) is 5.94. The molecular formula is C10H22N2O2. The van der Waals surface area contributed by atoms with E-state index in [0.717, 1.165) is 12.8 Å². The van der Waals surface area contributed by atoms with Gasteiger partial charge >= 0.3 is 0 Å². The van der Waals surface area contributed by atoms with E-state index in [4.69, 9.17) is 10.8 Å². The van der Waals surface area contributed by atoms with Gasteiger partial charge in [-0.2, -0.15) is 0 Å². The number of carbonyl (C=O) groups is 1. The van der Waals surface area contributed by atoms with Crippen LogP contribution in [0.3, 0.4) is 0 Å². The third-order valence-electron chi connectivity index (χ3n) is 2.15. The number of nitrogens with two attached hydrogens (primary N) is 1. The highest BCUT2D eigenvalue weighted by Gasteiger charge is 2.17. The minimum Gasteiger partial charge on any atom is -0.391 e. The number of rotatable bonds is 7. The Hall–Kier alpha value is -0.610. The smallest absolute Gasteiger partial charge is 0.239 e. The number of hydrogen-bond donors (Lipinski definition) is 3. The van der Waals surface area contributed by atoms with Gasteiger partial charge < -0.3 is 16.2 Å². The van der Waals surface area contributed by atoms with Gasteiger partial charge in [-0.15, -0.1) is 0 Å². The molecule has 4 nitrogen and oxygen atoms in total. The molecule has 0 heterocycles. The summed E-state index contributed by atoms with van der Waals surface area (Å²) >= 11 is 0. The topological polar surface area (TPSA) is 75.4 Å². The average Bonchev–Trinajstić information content (AvgIpc) is 2.16. The normalized spacial score (nSPS) is 14.9. The first-order chi connectivity index (χ1) is 6.59. The predicted molar refractivity (Wildman–Crippen MR) is 56.8 cm³/mol. The maximum absolute atomic E-state index is 11.2. The van der Waals surface area contributed by atoms with Crippen molar-refractivity contribution >= 4 is 5.91 Å². The zero-order chi connectivity index (χ0) is 11.0. The van der Waals surface area contributed by atoms with Gasteiger partial charge in [0.15, 0.2) is 0 Å². The van der Waals surface area contributed by atoms with Crippen LogP contribution in [0.4, 0.5) is 0 Å². The Bertz CT molecular complexity index is 160. The standard InChI is InChI=1S/C10H22N2O2/c1-3-4-5-6-7-12-10(14)9(11)8(2)13/h8-9,13H,3-7,11H2,1-2H3,(H,12,14)/t8-,9+/m1/s1. The fourth-order valence-corrected chi connectivity index (χ4v) is 1.10. The largest absolute Gasteiger partial charge is 0.391 e. The molecule has 0 saturated carbocycles. The molecule has 84 valence electrons. The quantitative estimate of drug-likeness (QED) is 0.523. The van der Waals surface area contributed by atoms with Crippen LogP contribution < -0.4 is 11.1 Å². The molecule has 0 aromatic carbocycles. The van der Waals surface area contributed by atoms with Crippen molar-refractivity contribution in [3.05, 3.63) is 0 Å². The van der Waals surface area contributed by atoms with E-state index in [9.17, 15) is 4.79 Å².